The van der Waals surface area contributed by atoms with Gasteiger partial charge in [0.05, 0.1) is 2.88 Å². The van der Waals surface area contributed by atoms with Crippen molar-refractivity contribution < 1.29 is 0 Å². The van der Waals surface area contributed by atoms with Crippen LogP contribution in [-0.2, 0) is 0 Å². The van der Waals surface area contributed by atoms with Crippen molar-refractivity contribution >= 4 is 45.3 Å². The highest BCUT2D eigenvalue weighted by atomic mass is 127. The average molecular weight is 258 g/mol. The number of halogens is 1. The molecule has 1 heterocycles. The summed E-state index contributed by atoms with van der Waals surface area (Å²) in [6.07, 6.45) is 0. The lowest BCUT2D eigenvalue weighted by molar-refractivity contribution is 1.64. The van der Waals surface area contributed by atoms with Crippen molar-refractivity contribution in [1.82, 2.24) is 0 Å². The highest BCUT2D eigenvalue weighted by Crippen LogP contribution is 2.16. The lowest BCUT2D eigenvalue weighted by Crippen LogP contribution is -1.73. The van der Waals surface area contributed by atoms with Gasteiger partial charge in [-0.3, -0.25) is 4.79 Å². The van der Waals surface area contributed by atoms with Crippen molar-refractivity contribution in [2.45, 2.75) is 6.92 Å². The molecular weight excluding hydrogens is 255 g/mol. The monoisotopic (exact) mass is 258 g/mol. The lowest BCUT2D eigenvalue weighted by atomic mass is 10.7. The molecule has 0 bridgehead atoms. The molecule has 0 aromatic carbocycles. The summed E-state index contributed by atoms with van der Waals surface area (Å²) >= 11 is 4.82. The van der Waals surface area contributed by atoms with Gasteiger partial charge in [-0.1, -0.05) is 22.7 Å². The van der Waals surface area contributed by atoms with Gasteiger partial charge in [0, 0.05) is 4.88 Å². The van der Waals surface area contributed by atoms with Crippen LogP contribution in [0, 0.1) is 9.81 Å². The van der Waals surface area contributed by atoms with Crippen molar-refractivity contribution in [3.05, 3.63) is 16.6 Å². The predicted molar refractivity (Wildman–Crippen MR) is 45.9 cm³/mol. The maximum absolute atomic E-state index is 10.5. The van der Waals surface area contributed by atoms with Crippen LogP contribution in [0.1, 0.15) is 4.88 Å². The summed E-state index contributed by atoms with van der Waals surface area (Å²) in [7, 11) is 0. The number of hydrogen-bond acceptors (Lipinski definition) is 3. The van der Waals surface area contributed by atoms with Gasteiger partial charge in [-0.15, -0.1) is 0 Å². The molecule has 0 atom stereocenters. The van der Waals surface area contributed by atoms with Crippen LogP contribution in [0.3, 0.4) is 0 Å². The molecular formula is C4H3IOS2. The molecule has 1 nitrogen and oxygen atoms in total. The van der Waals surface area contributed by atoms with Crippen LogP contribution in [0.25, 0.3) is 0 Å². The van der Waals surface area contributed by atoms with Crippen molar-refractivity contribution in [2.24, 2.45) is 0 Å². The molecule has 0 aliphatic rings. The Labute approximate surface area is 68.5 Å². The first kappa shape index (κ1) is 6.70. The van der Waals surface area contributed by atoms with E-state index in [-0.39, 0.29) is 4.06 Å². The fraction of sp³-hybridized carbons (Fsp3) is 0.250. The molecule has 0 aliphatic carbocycles. The highest BCUT2D eigenvalue weighted by molar-refractivity contribution is 14.1. The Morgan fingerprint density at radius 3 is 2.25 bits per heavy atom. The number of hydrogen-bond donors (Lipinski definition) is 0. The van der Waals surface area contributed by atoms with Gasteiger partial charge in [-0.2, -0.15) is 0 Å². The second kappa shape index (κ2) is 2.45. The van der Waals surface area contributed by atoms with Crippen molar-refractivity contribution in [1.29, 1.82) is 0 Å². The first-order valence-electron chi connectivity index (χ1n) is 1.96. The van der Waals surface area contributed by atoms with Gasteiger partial charge >= 0.3 is 0 Å². The summed E-state index contributed by atoms with van der Waals surface area (Å²) in [4.78, 5) is 11.7. The van der Waals surface area contributed by atoms with E-state index in [9.17, 15) is 4.79 Å². The highest BCUT2D eigenvalue weighted by Gasteiger charge is 1.97. The SMILES string of the molecule is Cc1sc(=O)sc1I. The molecule has 0 aliphatic heterocycles. The summed E-state index contributed by atoms with van der Waals surface area (Å²) < 4.78 is 1.32. The molecule has 0 spiro atoms. The van der Waals surface area contributed by atoms with E-state index in [0.29, 0.717) is 0 Å². The van der Waals surface area contributed by atoms with E-state index in [1.807, 2.05) is 6.92 Å². The van der Waals surface area contributed by atoms with E-state index >= 15 is 0 Å². The zero-order valence-electron chi connectivity index (χ0n) is 4.10. The van der Waals surface area contributed by atoms with Gasteiger partial charge < -0.3 is 0 Å². The standard InChI is InChI=1S/C4H3IOS2/c1-2-3(5)8-4(6)7-2/h1H3. The van der Waals surface area contributed by atoms with Crippen molar-refractivity contribution in [2.75, 3.05) is 0 Å². The maximum atomic E-state index is 10.5. The molecule has 0 saturated carbocycles. The second-order valence-corrected chi connectivity index (χ2v) is 5.52. The van der Waals surface area contributed by atoms with E-state index in [4.69, 9.17) is 0 Å². The van der Waals surface area contributed by atoms with Crippen LogP contribution in [0.5, 0.6) is 0 Å². The third kappa shape index (κ3) is 1.29. The zero-order valence-corrected chi connectivity index (χ0v) is 7.89. The van der Waals surface area contributed by atoms with E-state index in [0.717, 1.165) is 7.76 Å². The molecule has 0 unspecified atom stereocenters. The Morgan fingerprint density at radius 2 is 2.12 bits per heavy atom. The predicted octanol–water partition coefficient (Wildman–Crippen LogP) is 2.08. The summed E-state index contributed by atoms with van der Waals surface area (Å²) in [5.41, 5.74) is 0. The molecule has 1 rings (SSSR count). The van der Waals surface area contributed by atoms with E-state index < -0.39 is 0 Å². The first-order chi connectivity index (χ1) is 3.70. The summed E-state index contributed by atoms with van der Waals surface area (Å²) in [6, 6.07) is 0. The maximum Gasteiger partial charge on any atom is 0.288 e. The van der Waals surface area contributed by atoms with Crippen LogP contribution < -0.4 is 4.06 Å². The third-order valence-electron chi connectivity index (χ3n) is 0.686. The number of aryl methyl sites for hydroxylation is 1. The van der Waals surface area contributed by atoms with Gasteiger partial charge in [0.1, 0.15) is 0 Å². The summed E-state index contributed by atoms with van der Waals surface area (Å²) in [5, 5.41) is 0. The normalized spacial score (nSPS) is 9.75. The molecule has 0 saturated heterocycles. The minimum absolute atomic E-state index is 0.201. The third-order valence-corrected chi connectivity index (χ3v) is 4.48. The number of rotatable bonds is 0. The largest absolute Gasteiger partial charge is 0.288 e. The van der Waals surface area contributed by atoms with Gasteiger partial charge in [-0.25, -0.2) is 0 Å². The Hall–Kier alpha value is 0.580. The Kier molecular flexibility index (Phi) is 2.05. The molecule has 44 valence electrons. The van der Waals surface area contributed by atoms with Gasteiger partial charge in [-0.05, 0) is 29.5 Å². The van der Waals surface area contributed by atoms with Gasteiger partial charge in [0.25, 0.3) is 4.06 Å². The van der Waals surface area contributed by atoms with E-state index in [1.54, 1.807) is 0 Å². The molecule has 0 amide bonds. The minimum atomic E-state index is 0.201. The summed E-state index contributed by atoms with van der Waals surface area (Å²) in [5.74, 6) is 0. The first-order valence-corrected chi connectivity index (χ1v) is 4.67. The molecule has 8 heavy (non-hydrogen) atoms. The van der Waals surface area contributed by atoms with E-state index in [1.165, 1.54) is 22.7 Å². The molecule has 0 fully saturated rings. The van der Waals surface area contributed by atoms with Crippen LogP contribution >= 0.6 is 45.3 Å². The summed E-state index contributed by atoms with van der Waals surface area (Å²) in [6.45, 7) is 1.96. The van der Waals surface area contributed by atoms with Crippen LogP contribution in [-0.4, -0.2) is 0 Å². The molecule has 0 radical (unpaired) electrons. The Morgan fingerprint density at radius 1 is 1.50 bits per heavy atom. The lowest BCUT2D eigenvalue weighted by Gasteiger charge is -1.74. The quantitative estimate of drug-likeness (QED) is 0.651. The van der Waals surface area contributed by atoms with Gasteiger partial charge in [0.15, 0.2) is 0 Å². The minimum Gasteiger partial charge on any atom is -0.265 e. The van der Waals surface area contributed by atoms with Crippen LogP contribution in [0.2, 0.25) is 0 Å². The van der Waals surface area contributed by atoms with Gasteiger partial charge in [0.2, 0.25) is 0 Å². The van der Waals surface area contributed by atoms with Crippen molar-refractivity contribution in [3.63, 3.8) is 0 Å². The Bertz CT molecular complexity index is 214. The fourth-order valence-electron chi connectivity index (χ4n) is 0.331. The smallest absolute Gasteiger partial charge is 0.265 e. The molecule has 1 aromatic rings. The molecule has 4 heteroatoms. The van der Waals surface area contributed by atoms with E-state index in [2.05, 4.69) is 22.6 Å². The fourth-order valence-corrected chi connectivity index (χ4v) is 3.37. The second-order valence-electron chi connectivity index (χ2n) is 1.28. The van der Waals surface area contributed by atoms with Crippen LogP contribution in [0.15, 0.2) is 4.79 Å². The molecule has 0 N–H and O–H groups in total. The van der Waals surface area contributed by atoms with Crippen LogP contribution in [0.4, 0.5) is 0 Å². The van der Waals surface area contributed by atoms with Crippen molar-refractivity contribution in [3.8, 4) is 0 Å². The average Bonchev–Trinajstić information content (AvgIpc) is 1.85. The Balaban J connectivity index is 3.35. The molecule has 1 aromatic heterocycles. The zero-order chi connectivity index (χ0) is 6.15. The topological polar surface area (TPSA) is 17.1 Å².